The second-order valence-corrected chi connectivity index (χ2v) is 5.45. The van der Waals surface area contributed by atoms with Crippen molar-refractivity contribution in [3.8, 4) is 0 Å². The molecule has 2 amide bonds. The second-order valence-electron chi connectivity index (χ2n) is 5.45. The minimum Gasteiger partial charge on any atom is -0.480 e. The minimum atomic E-state index is -1.01. The number of hydrogen-bond donors (Lipinski definition) is 2. The van der Waals surface area contributed by atoms with Crippen LogP contribution in [0.4, 0.5) is 4.79 Å². The number of carbonyl (C=O) groups excluding carboxylic acids is 1. The highest BCUT2D eigenvalue weighted by Gasteiger charge is 2.33. The summed E-state index contributed by atoms with van der Waals surface area (Å²) in [5.41, 5.74) is -0.516. The Balaban J connectivity index is 4.69. The molecule has 17 heavy (non-hydrogen) atoms. The molecule has 0 spiro atoms. The molecule has 0 rings (SSSR count). The van der Waals surface area contributed by atoms with Gasteiger partial charge in [-0.3, -0.25) is 0 Å². The molecule has 0 fully saturated rings. The molecule has 0 saturated heterocycles. The number of amides is 2. The van der Waals surface area contributed by atoms with Gasteiger partial charge in [-0.15, -0.1) is 0 Å². The number of carbonyl (C=O) groups is 2. The number of aliphatic carboxylic acids is 1. The number of nitrogens with one attached hydrogen (secondary N) is 1. The molecule has 0 heterocycles. The van der Waals surface area contributed by atoms with Crippen molar-refractivity contribution >= 4 is 12.0 Å². The Kier molecular flexibility index (Phi) is 5.45. The van der Waals surface area contributed by atoms with Crippen molar-refractivity contribution in [1.29, 1.82) is 0 Å². The summed E-state index contributed by atoms with van der Waals surface area (Å²) in [6.45, 7) is 9.26. The lowest BCUT2D eigenvalue weighted by Gasteiger charge is -2.31. The molecule has 0 aromatic heterocycles. The standard InChI is InChI=1S/C12H24N2O3/c1-7-8(2)14(6)11(17)13-9(10(15)16)12(3,4)5/h8-9H,7H2,1-6H3,(H,13,17)(H,15,16)/t8?,9-/m1/s1. The van der Waals surface area contributed by atoms with Gasteiger partial charge in [0.25, 0.3) is 0 Å². The second kappa shape index (κ2) is 5.89. The van der Waals surface area contributed by atoms with Crippen LogP contribution in [-0.4, -0.2) is 41.1 Å². The average Bonchev–Trinajstić information content (AvgIpc) is 2.21. The SMILES string of the molecule is CCC(C)N(C)C(=O)N[C@H](C(=O)O)C(C)(C)C. The highest BCUT2D eigenvalue weighted by molar-refractivity contribution is 5.83. The monoisotopic (exact) mass is 244 g/mol. The van der Waals surface area contributed by atoms with E-state index in [-0.39, 0.29) is 12.1 Å². The van der Waals surface area contributed by atoms with E-state index in [1.54, 1.807) is 27.8 Å². The highest BCUT2D eigenvalue weighted by Crippen LogP contribution is 2.19. The number of urea groups is 1. The van der Waals surface area contributed by atoms with E-state index in [4.69, 9.17) is 5.11 Å². The van der Waals surface area contributed by atoms with E-state index in [9.17, 15) is 9.59 Å². The Morgan fingerprint density at radius 1 is 1.35 bits per heavy atom. The van der Waals surface area contributed by atoms with Crippen molar-refractivity contribution in [2.24, 2.45) is 5.41 Å². The molecule has 0 aliphatic carbocycles. The van der Waals surface area contributed by atoms with Crippen LogP contribution in [-0.2, 0) is 4.79 Å². The van der Waals surface area contributed by atoms with Crippen LogP contribution in [0.25, 0.3) is 0 Å². The molecule has 0 aliphatic heterocycles. The van der Waals surface area contributed by atoms with Crippen molar-refractivity contribution in [2.75, 3.05) is 7.05 Å². The molecule has 0 aromatic rings. The Labute approximate surface area is 103 Å². The van der Waals surface area contributed by atoms with Crippen molar-refractivity contribution in [3.05, 3.63) is 0 Å². The van der Waals surface area contributed by atoms with Gasteiger partial charge in [-0.05, 0) is 18.8 Å². The van der Waals surface area contributed by atoms with Gasteiger partial charge in [0.1, 0.15) is 6.04 Å². The number of carboxylic acid groups (broad SMARTS) is 1. The zero-order valence-electron chi connectivity index (χ0n) is 11.6. The highest BCUT2D eigenvalue weighted by atomic mass is 16.4. The van der Waals surface area contributed by atoms with Crippen LogP contribution in [0.5, 0.6) is 0 Å². The van der Waals surface area contributed by atoms with E-state index in [1.807, 2.05) is 13.8 Å². The van der Waals surface area contributed by atoms with Gasteiger partial charge in [-0.2, -0.15) is 0 Å². The van der Waals surface area contributed by atoms with Crippen LogP contribution >= 0.6 is 0 Å². The number of carboxylic acids is 1. The molecule has 2 N–H and O–H groups in total. The Morgan fingerprint density at radius 3 is 2.12 bits per heavy atom. The third-order valence-electron chi connectivity index (χ3n) is 2.95. The molecule has 0 saturated carbocycles. The van der Waals surface area contributed by atoms with Gasteiger partial charge in [-0.25, -0.2) is 9.59 Å². The average molecular weight is 244 g/mol. The van der Waals surface area contributed by atoms with Crippen LogP contribution in [0.15, 0.2) is 0 Å². The summed E-state index contributed by atoms with van der Waals surface area (Å²) < 4.78 is 0. The van der Waals surface area contributed by atoms with Crippen LogP contribution in [0.3, 0.4) is 0 Å². The maximum atomic E-state index is 11.9. The van der Waals surface area contributed by atoms with Gasteiger partial charge in [0, 0.05) is 13.1 Å². The number of rotatable bonds is 4. The lowest BCUT2D eigenvalue weighted by molar-refractivity contribution is -0.142. The quantitative estimate of drug-likeness (QED) is 0.793. The zero-order valence-corrected chi connectivity index (χ0v) is 11.6. The molecular formula is C12H24N2O3. The molecule has 0 aromatic carbocycles. The van der Waals surface area contributed by atoms with Gasteiger partial charge >= 0.3 is 12.0 Å². The fourth-order valence-corrected chi connectivity index (χ4v) is 1.35. The van der Waals surface area contributed by atoms with Crippen LogP contribution in [0, 0.1) is 5.41 Å². The summed E-state index contributed by atoms with van der Waals surface area (Å²) in [7, 11) is 1.67. The van der Waals surface area contributed by atoms with E-state index in [0.29, 0.717) is 0 Å². The molecule has 1 unspecified atom stereocenters. The molecule has 0 bridgehead atoms. The van der Waals surface area contributed by atoms with E-state index in [0.717, 1.165) is 6.42 Å². The normalized spacial score (nSPS) is 14.9. The summed E-state index contributed by atoms with van der Waals surface area (Å²) in [5.74, 6) is -1.01. The first-order valence-corrected chi connectivity index (χ1v) is 5.87. The van der Waals surface area contributed by atoms with Gasteiger partial charge in [0.15, 0.2) is 0 Å². The molecule has 0 radical (unpaired) electrons. The van der Waals surface area contributed by atoms with Crippen molar-refractivity contribution < 1.29 is 14.7 Å². The molecular weight excluding hydrogens is 220 g/mol. The Hall–Kier alpha value is -1.26. The third-order valence-corrected chi connectivity index (χ3v) is 2.95. The number of hydrogen-bond acceptors (Lipinski definition) is 2. The molecule has 5 nitrogen and oxygen atoms in total. The Morgan fingerprint density at radius 2 is 1.82 bits per heavy atom. The molecule has 0 aliphatic rings. The third kappa shape index (κ3) is 4.63. The van der Waals surface area contributed by atoms with Crippen LogP contribution in [0.1, 0.15) is 41.0 Å². The van der Waals surface area contributed by atoms with Crippen molar-refractivity contribution in [2.45, 2.75) is 53.1 Å². The first-order chi connectivity index (χ1) is 7.61. The topological polar surface area (TPSA) is 69.6 Å². The lowest BCUT2D eigenvalue weighted by atomic mass is 9.87. The first-order valence-electron chi connectivity index (χ1n) is 5.87. The smallest absolute Gasteiger partial charge is 0.326 e. The largest absolute Gasteiger partial charge is 0.480 e. The minimum absolute atomic E-state index is 0.0874. The van der Waals surface area contributed by atoms with Gasteiger partial charge in [0.2, 0.25) is 0 Å². The molecule has 5 heteroatoms. The summed E-state index contributed by atoms with van der Waals surface area (Å²) >= 11 is 0. The summed E-state index contributed by atoms with van der Waals surface area (Å²) in [6, 6.07) is -1.15. The summed E-state index contributed by atoms with van der Waals surface area (Å²) in [4.78, 5) is 24.5. The lowest BCUT2D eigenvalue weighted by Crippen LogP contribution is -2.53. The van der Waals surface area contributed by atoms with E-state index in [1.165, 1.54) is 4.90 Å². The molecule has 2 atom stereocenters. The fourth-order valence-electron chi connectivity index (χ4n) is 1.35. The zero-order chi connectivity index (χ0) is 13.8. The van der Waals surface area contributed by atoms with E-state index >= 15 is 0 Å². The van der Waals surface area contributed by atoms with E-state index < -0.39 is 17.4 Å². The van der Waals surface area contributed by atoms with Gasteiger partial charge in [0.05, 0.1) is 0 Å². The van der Waals surface area contributed by atoms with Crippen molar-refractivity contribution in [1.82, 2.24) is 10.2 Å². The first kappa shape index (κ1) is 15.7. The van der Waals surface area contributed by atoms with Crippen LogP contribution < -0.4 is 5.32 Å². The van der Waals surface area contributed by atoms with Gasteiger partial charge in [-0.1, -0.05) is 27.7 Å². The van der Waals surface area contributed by atoms with Crippen LogP contribution in [0.2, 0.25) is 0 Å². The Bertz CT molecular complexity index is 284. The summed E-state index contributed by atoms with van der Waals surface area (Å²) in [5, 5.41) is 11.7. The predicted octanol–water partition coefficient (Wildman–Crippen LogP) is 1.93. The summed E-state index contributed by atoms with van der Waals surface area (Å²) in [6.07, 6.45) is 0.831. The molecule has 100 valence electrons. The predicted molar refractivity (Wildman–Crippen MR) is 66.9 cm³/mol. The maximum Gasteiger partial charge on any atom is 0.326 e. The number of nitrogens with zero attached hydrogens (tertiary/aromatic N) is 1. The maximum absolute atomic E-state index is 11.9. The van der Waals surface area contributed by atoms with Crippen molar-refractivity contribution in [3.63, 3.8) is 0 Å². The van der Waals surface area contributed by atoms with Gasteiger partial charge < -0.3 is 15.3 Å². The fraction of sp³-hybridized carbons (Fsp3) is 0.833. The van der Waals surface area contributed by atoms with E-state index in [2.05, 4.69) is 5.32 Å².